The molecule has 6 heteroatoms. The van der Waals surface area contributed by atoms with Crippen molar-refractivity contribution in [2.24, 2.45) is 0 Å². The van der Waals surface area contributed by atoms with E-state index >= 15 is 0 Å². The summed E-state index contributed by atoms with van der Waals surface area (Å²) in [6.07, 6.45) is 5.50. The maximum atomic E-state index is 11.0. The second-order valence-corrected chi connectivity index (χ2v) is 3.30. The third kappa shape index (κ3) is 2.17. The van der Waals surface area contributed by atoms with Crippen LogP contribution in [-0.2, 0) is 6.54 Å². The highest BCUT2D eigenvalue weighted by Crippen LogP contribution is 2.02. The van der Waals surface area contributed by atoms with Gasteiger partial charge in [0, 0.05) is 17.8 Å². The van der Waals surface area contributed by atoms with Crippen LogP contribution in [0.5, 0.6) is 0 Å². The lowest BCUT2D eigenvalue weighted by molar-refractivity contribution is -0.605. The van der Waals surface area contributed by atoms with E-state index in [0.29, 0.717) is 11.3 Å². The standard InChI is InChI=1S/C10H9N3O3/c14-10(15)9-4-11-12(7-9)5-8-2-1-3-13(16)6-8/h1-4,6-7H,5H2,(H,14,15). The summed E-state index contributed by atoms with van der Waals surface area (Å²) >= 11 is 0. The molecule has 0 spiro atoms. The second-order valence-electron chi connectivity index (χ2n) is 3.30. The number of aromatic nitrogens is 3. The predicted molar refractivity (Wildman–Crippen MR) is 53.7 cm³/mol. The predicted octanol–water partition coefficient (Wildman–Crippen LogP) is 0.263. The number of pyridine rings is 1. The van der Waals surface area contributed by atoms with Gasteiger partial charge in [-0.3, -0.25) is 4.68 Å². The summed E-state index contributed by atoms with van der Waals surface area (Å²) in [6.45, 7) is 0.371. The molecule has 0 aliphatic carbocycles. The van der Waals surface area contributed by atoms with E-state index in [-0.39, 0.29) is 5.56 Å². The molecule has 0 bridgehead atoms. The molecule has 0 aliphatic heterocycles. The first-order valence-electron chi connectivity index (χ1n) is 4.58. The van der Waals surface area contributed by atoms with Crippen LogP contribution < -0.4 is 4.73 Å². The topological polar surface area (TPSA) is 82.1 Å². The van der Waals surface area contributed by atoms with Gasteiger partial charge in [-0.15, -0.1) is 0 Å². The molecule has 0 fully saturated rings. The minimum atomic E-state index is -1.02. The van der Waals surface area contributed by atoms with Crippen molar-refractivity contribution in [2.75, 3.05) is 0 Å². The van der Waals surface area contributed by atoms with Crippen LogP contribution in [0, 0.1) is 5.21 Å². The third-order valence-corrected chi connectivity index (χ3v) is 2.06. The minimum absolute atomic E-state index is 0.130. The van der Waals surface area contributed by atoms with Gasteiger partial charge in [-0.25, -0.2) is 4.79 Å². The zero-order valence-electron chi connectivity index (χ0n) is 8.28. The molecule has 0 aliphatic rings. The lowest BCUT2D eigenvalue weighted by Gasteiger charge is -2.01. The Bertz CT molecular complexity index is 522. The van der Waals surface area contributed by atoms with Crippen molar-refractivity contribution < 1.29 is 14.6 Å². The van der Waals surface area contributed by atoms with Gasteiger partial charge in [0.1, 0.15) is 0 Å². The number of carboxylic acids is 1. The maximum absolute atomic E-state index is 11.0. The normalized spacial score (nSPS) is 10.2. The van der Waals surface area contributed by atoms with Crippen LogP contribution in [-0.4, -0.2) is 20.9 Å². The molecule has 1 N–H and O–H groups in total. The zero-order valence-corrected chi connectivity index (χ0v) is 8.28. The van der Waals surface area contributed by atoms with Crippen LogP contribution >= 0.6 is 0 Å². The average Bonchev–Trinajstić information content (AvgIpc) is 2.66. The monoisotopic (exact) mass is 219 g/mol. The van der Waals surface area contributed by atoms with Crippen LogP contribution in [0.2, 0.25) is 0 Å². The summed E-state index contributed by atoms with van der Waals surface area (Å²) < 4.78 is 2.16. The molecule has 0 aromatic carbocycles. The van der Waals surface area contributed by atoms with Gasteiger partial charge in [0.05, 0.1) is 18.3 Å². The van der Waals surface area contributed by atoms with Crippen molar-refractivity contribution in [3.63, 3.8) is 0 Å². The molecule has 2 heterocycles. The van der Waals surface area contributed by atoms with Crippen LogP contribution in [0.25, 0.3) is 0 Å². The molecule has 0 atom stereocenters. The van der Waals surface area contributed by atoms with E-state index < -0.39 is 5.97 Å². The van der Waals surface area contributed by atoms with Crippen molar-refractivity contribution >= 4 is 5.97 Å². The lowest BCUT2D eigenvalue weighted by Crippen LogP contribution is -2.25. The van der Waals surface area contributed by atoms with E-state index in [1.807, 2.05) is 0 Å². The molecule has 16 heavy (non-hydrogen) atoms. The molecule has 2 rings (SSSR count). The van der Waals surface area contributed by atoms with Gasteiger partial charge < -0.3 is 10.3 Å². The molecule has 6 nitrogen and oxygen atoms in total. The molecule has 2 aromatic rings. The van der Waals surface area contributed by atoms with Crippen molar-refractivity contribution in [2.45, 2.75) is 6.54 Å². The highest BCUT2D eigenvalue weighted by atomic mass is 16.5. The second kappa shape index (κ2) is 4.01. The van der Waals surface area contributed by atoms with E-state index in [0.717, 1.165) is 5.56 Å². The molecule has 0 unspecified atom stereocenters. The Balaban J connectivity index is 2.17. The van der Waals surface area contributed by atoms with Gasteiger partial charge in [0.15, 0.2) is 12.4 Å². The molecule has 82 valence electrons. The summed E-state index contributed by atoms with van der Waals surface area (Å²) in [7, 11) is 0. The molecule has 0 radical (unpaired) electrons. The fourth-order valence-corrected chi connectivity index (χ4v) is 1.34. The quantitative estimate of drug-likeness (QED) is 0.593. The van der Waals surface area contributed by atoms with E-state index in [2.05, 4.69) is 5.10 Å². The van der Waals surface area contributed by atoms with Crippen molar-refractivity contribution in [1.82, 2.24) is 9.78 Å². The Kier molecular flexibility index (Phi) is 2.55. The minimum Gasteiger partial charge on any atom is -0.619 e. The summed E-state index contributed by atoms with van der Waals surface area (Å²) in [5.74, 6) is -1.02. The van der Waals surface area contributed by atoms with Gasteiger partial charge in [-0.2, -0.15) is 9.83 Å². The Morgan fingerprint density at radius 1 is 1.62 bits per heavy atom. The molecule has 2 aromatic heterocycles. The van der Waals surface area contributed by atoms with Gasteiger partial charge in [-0.1, -0.05) is 0 Å². The summed E-state index contributed by atoms with van der Waals surface area (Å²) in [5, 5.41) is 23.6. The molecular weight excluding hydrogens is 210 g/mol. The number of hydrogen-bond donors (Lipinski definition) is 1. The van der Waals surface area contributed by atoms with Gasteiger partial charge in [0.2, 0.25) is 0 Å². The maximum Gasteiger partial charge on any atom is 0.338 e. The number of nitrogens with zero attached hydrogens (tertiary/aromatic N) is 3. The van der Waals surface area contributed by atoms with Gasteiger partial charge in [0.25, 0.3) is 0 Å². The molecule has 0 saturated carbocycles. The highest BCUT2D eigenvalue weighted by Gasteiger charge is 2.06. The van der Waals surface area contributed by atoms with Crippen LogP contribution in [0.1, 0.15) is 15.9 Å². The number of rotatable bonds is 3. The van der Waals surface area contributed by atoms with E-state index in [4.69, 9.17) is 5.11 Å². The largest absolute Gasteiger partial charge is 0.619 e. The smallest absolute Gasteiger partial charge is 0.338 e. The SMILES string of the molecule is O=C(O)c1cnn(Cc2ccc[n+]([O-])c2)c1. The first-order chi connectivity index (χ1) is 7.65. The summed E-state index contributed by atoms with van der Waals surface area (Å²) in [4.78, 5) is 10.6. The Morgan fingerprint density at radius 2 is 2.44 bits per heavy atom. The number of hydrogen-bond acceptors (Lipinski definition) is 3. The number of carbonyl (C=O) groups is 1. The van der Waals surface area contributed by atoms with E-state index in [9.17, 15) is 10.0 Å². The summed E-state index contributed by atoms with van der Waals surface area (Å²) in [5.41, 5.74) is 0.892. The number of aromatic carboxylic acids is 1. The molecular formula is C10H9N3O3. The van der Waals surface area contributed by atoms with Crippen molar-refractivity contribution in [3.05, 3.63) is 53.3 Å². The van der Waals surface area contributed by atoms with Crippen LogP contribution in [0.15, 0.2) is 36.9 Å². The molecule has 0 saturated heterocycles. The van der Waals surface area contributed by atoms with Crippen LogP contribution in [0.3, 0.4) is 0 Å². The first kappa shape index (κ1) is 10.2. The van der Waals surface area contributed by atoms with Crippen molar-refractivity contribution in [1.29, 1.82) is 0 Å². The van der Waals surface area contributed by atoms with E-state index in [1.54, 1.807) is 12.1 Å². The molecule has 0 amide bonds. The Morgan fingerprint density at radius 3 is 3.06 bits per heavy atom. The highest BCUT2D eigenvalue weighted by molar-refractivity contribution is 5.86. The fraction of sp³-hybridized carbons (Fsp3) is 0.100. The van der Waals surface area contributed by atoms with Gasteiger partial charge >= 0.3 is 5.97 Å². The summed E-state index contributed by atoms with van der Waals surface area (Å²) in [6, 6.07) is 3.40. The Hall–Kier alpha value is -2.37. The first-order valence-corrected chi connectivity index (χ1v) is 4.58. The fourth-order valence-electron chi connectivity index (χ4n) is 1.34. The van der Waals surface area contributed by atoms with Crippen molar-refractivity contribution in [3.8, 4) is 0 Å². The lowest BCUT2D eigenvalue weighted by atomic mass is 10.3. The third-order valence-electron chi connectivity index (χ3n) is 2.06. The van der Waals surface area contributed by atoms with Gasteiger partial charge in [-0.05, 0) is 6.07 Å². The van der Waals surface area contributed by atoms with Crippen LogP contribution in [0.4, 0.5) is 0 Å². The zero-order chi connectivity index (χ0) is 11.5. The average molecular weight is 219 g/mol. The van der Waals surface area contributed by atoms with E-state index in [1.165, 1.54) is 29.5 Å². The number of carboxylic acid groups (broad SMARTS) is 1. The Labute approximate surface area is 91.0 Å².